The summed E-state index contributed by atoms with van der Waals surface area (Å²) in [7, 11) is 0. The molecule has 0 bridgehead atoms. The van der Waals surface area contributed by atoms with Gasteiger partial charge in [-0.25, -0.2) is 0 Å². The lowest BCUT2D eigenvalue weighted by Gasteiger charge is -2.33. The van der Waals surface area contributed by atoms with Crippen LogP contribution in [0.3, 0.4) is 0 Å². The van der Waals surface area contributed by atoms with E-state index in [4.69, 9.17) is 0 Å². The first-order valence-corrected chi connectivity index (χ1v) is 6.21. The smallest absolute Gasteiger partial charge is 0.0693 e. The molecule has 2 aliphatic carbocycles. The van der Waals surface area contributed by atoms with Crippen LogP contribution >= 0.6 is 0 Å². The lowest BCUT2D eigenvalue weighted by atomic mass is 9.85. The molecule has 0 saturated heterocycles. The topological polar surface area (TPSA) is 32.3 Å². The number of aliphatic hydroxyl groups excluding tert-OH is 1. The van der Waals surface area contributed by atoms with Crippen LogP contribution in [-0.4, -0.2) is 23.3 Å². The Bertz CT molecular complexity index is 183. The van der Waals surface area contributed by atoms with E-state index in [1.165, 1.54) is 38.5 Å². The molecule has 2 saturated carbocycles. The summed E-state index contributed by atoms with van der Waals surface area (Å²) in [6.07, 6.45) is 8.72. The van der Waals surface area contributed by atoms with Crippen molar-refractivity contribution in [2.75, 3.05) is 0 Å². The van der Waals surface area contributed by atoms with Crippen LogP contribution in [-0.2, 0) is 0 Å². The predicted octanol–water partition coefficient (Wildman–Crippen LogP) is 2.07. The molecular formula is C12H23NO. The minimum atomic E-state index is -0.0795. The molecule has 2 heteroatoms. The summed E-state index contributed by atoms with van der Waals surface area (Å²) in [6.45, 7) is 2.35. The molecule has 2 N–H and O–H groups in total. The van der Waals surface area contributed by atoms with Gasteiger partial charge in [0.05, 0.1) is 6.10 Å². The third-order valence-corrected chi connectivity index (χ3v) is 4.02. The Hall–Kier alpha value is -0.0800. The predicted molar refractivity (Wildman–Crippen MR) is 58.2 cm³/mol. The van der Waals surface area contributed by atoms with Gasteiger partial charge in [0.2, 0.25) is 0 Å². The van der Waals surface area contributed by atoms with Gasteiger partial charge in [-0.15, -0.1) is 0 Å². The largest absolute Gasteiger partial charge is 0.392 e. The molecule has 4 atom stereocenters. The molecule has 0 radical (unpaired) electrons. The fraction of sp³-hybridized carbons (Fsp3) is 1.00. The molecular weight excluding hydrogens is 174 g/mol. The van der Waals surface area contributed by atoms with Crippen molar-refractivity contribution in [3.05, 3.63) is 0 Å². The molecule has 2 aliphatic rings. The number of nitrogens with one attached hydrogen (secondary N) is 1. The number of aliphatic hydroxyl groups is 1. The van der Waals surface area contributed by atoms with Crippen LogP contribution in [0.5, 0.6) is 0 Å². The summed E-state index contributed by atoms with van der Waals surface area (Å²) in [4.78, 5) is 0. The van der Waals surface area contributed by atoms with Gasteiger partial charge < -0.3 is 10.4 Å². The Kier molecular flexibility index (Phi) is 3.45. The van der Waals surface area contributed by atoms with Crippen LogP contribution in [0.25, 0.3) is 0 Å². The zero-order valence-electron chi connectivity index (χ0n) is 9.21. The molecule has 0 heterocycles. The fourth-order valence-corrected chi connectivity index (χ4v) is 2.97. The van der Waals surface area contributed by atoms with Crippen molar-refractivity contribution in [1.82, 2.24) is 5.32 Å². The maximum Gasteiger partial charge on any atom is 0.0693 e. The number of rotatable bonds is 2. The Morgan fingerprint density at radius 1 is 0.929 bits per heavy atom. The third-order valence-electron chi connectivity index (χ3n) is 4.02. The van der Waals surface area contributed by atoms with Gasteiger partial charge in [0.15, 0.2) is 0 Å². The second kappa shape index (κ2) is 4.63. The summed E-state index contributed by atoms with van der Waals surface area (Å²) in [5.74, 6) is 0.802. The SMILES string of the molecule is CC1CCCCC1NC1CCCC1O. The average Bonchev–Trinajstić information content (AvgIpc) is 2.56. The Balaban J connectivity index is 1.83. The molecule has 2 rings (SSSR count). The Morgan fingerprint density at radius 3 is 2.29 bits per heavy atom. The van der Waals surface area contributed by atoms with E-state index in [-0.39, 0.29) is 6.10 Å². The molecule has 82 valence electrons. The third kappa shape index (κ3) is 2.29. The Labute approximate surface area is 87.1 Å². The second-order valence-electron chi connectivity index (χ2n) is 5.14. The van der Waals surface area contributed by atoms with Gasteiger partial charge >= 0.3 is 0 Å². The minimum absolute atomic E-state index is 0.0795. The molecule has 0 aliphatic heterocycles. The summed E-state index contributed by atoms with van der Waals surface area (Å²) in [6, 6.07) is 1.06. The van der Waals surface area contributed by atoms with Gasteiger partial charge in [0.25, 0.3) is 0 Å². The van der Waals surface area contributed by atoms with E-state index in [1.807, 2.05) is 0 Å². The highest BCUT2D eigenvalue weighted by molar-refractivity contribution is 4.88. The van der Waals surface area contributed by atoms with Crippen molar-refractivity contribution in [2.24, 2.45) is 5.92 Å². The second-order valence-corrected chi connectivity index (χ2v) is 5.14. The van der Waals surface area contributed by atoms with Crippen LogP contribution < -0.4 is 5.32 Å². The molecule has 0 amide bonds. The van der Waals surface area contributed by atoms with Gasteiger partial charge in [-0.2, -0.15) is 0 Å². The van der Waals surface area contributed by atoms with Gasteiger partial charge in [-0.1, -0.05) is 19.8 Å². The molecule has 0 aromatic heterocycles. The highest BCUT2D eigenvalue weighted by Crippen LogP contribution is 2.27. The zero-order valence-corrected chi connectivity index (χ0v) is 9.21. The highest BCUT2D eigenvalue weighted by Gasteiger charge is 2.29. The van der Waals surface area contributed by atoms with Crippen molar-refractivity contribution in [2.45, 2.75) is 70.1 Å². The minimum Gasteiger partial charge on any atom is -0.392 e. The first-order valence-electron chi connectivity index (χ1n) is 6.21. The van der Waals surface area contributed by atoms with Crippen molar-refractivity contribution in [1.29, 1.82) is 0 Å². The van der Waals surface area contributed by atoms with Crippen LogP contribution in [0.2, 0.25) is 0 Å². The molecule has 0 spiro atoms. The first kappa shape index (κ1) is 10.4. The molecule has 14 heavy (non-hydrogen) atoms. The van der Waals surface area contributed by atoms with E-state index >= 15 is 0 Å². The molecule has 2 fully saturated rings. The van der Waals surface area contributed by atoms with Crippen molar-refractivity contribution in [3.63, 3.8) is 0 Å². The van der Waals surface area contributed by atoms with E-state index in [0.29, 0.717) is 12.1 Å². The average molecular weight is 197 g/mol. The van der Waals surface area contributed by atoms with E-state index in [2.05, 4.69) is 12.2 Å². The number of hydrogen-bond acceptors (Lipinski definition) is 2. The first-order chi connectivity index (χ1) is 6.77. The summed E-state index contributed by atoms with van der Waals surface area (Å²) >= 11 is 0. The lowest BCUT2D eigenvalue weighted by Crippen LogP contribution is -2.46. The van der Waals surface area contributed by atoms with Gasteiger partial charge in [0.1, 0.15) is 0 Å². The summed E-state index contributed by atoms with van der Waals surface area (Å²) in [5.41, 5.74) is 0. The van der Waals surface area contributed by atoms with Crippen molar-refractivity contribution in [3.8, 4) is 0 Å². The zero-order chi connectivity index (χ0) is 9.97. The van der Waals surface area contributed by atoms with Crippen LogP contribution in [0.15, 0.2) is 0 Å². The molecule has 0 aromatic carbocycles. The molecule has 2 nitrogen and oxygen atoms in total. The normalized spacial score (nSPS) is 44.1. The maximum atomic E-state index is 9.74. The molecule has 0 aromatic rings. The van der Waals surface area contributed by atoms with Gasteiger partial charge in [-0.3, -0.25) is 0 Å². The van der Waals surface area contributed by atoms with E-state index in [1.54, 1.807) is 0 Å². The molecule has 4 unspecified atom stereocenters. The van der Waals surface area contributed by atoms with E-state index in [9.17, 15) is 5.11 Å². The van der Waals surface area contributed by atoms with Crippen molar-refractivity contribution < 1.29 is 5.11 Å². The van der Waals surface area contributed by atoms with Crippen molar-refractivity contribution >= 4 is 0 Å². The quantitative estimate of drug-likeness (QED) is 0.710. The van der Waals surface area contributed by atoms with Gasteiger partial charge in [-0.05, 0) is 38.0 Å². The maximum absolute atomic E-state index is 9.74. The Morgan fingerprint density at radius 2 is 1.64 bits per heavy atom. The summed E-state index contributed by atoms with van der Waals surface area (Å²) < 4.78 is 0. The standard InChI is InChI=1S/C12H23NO/c1-9-5-2-3-6-10(9)13-11-7-4-8-12(11)14/h9-14H,2-8H2,1H3. The monoisotopic (exact) mass is 197 g/mol. The summed E-state index contributed by atoms with van der Waals surface area (Å²) in [5, 5.41) is 13.4. The van der Waals surface area contributed by atoms with Crippen LogP contribution in [0.4, 0.5) is 0 Å². The van der Waals surface area contributed by atoms with Gasteiger partial charge in [0, 0.05) is 12.1 Å². The van der Waals surface area contributed by atoms with Crippen LogP contribution in [0.1, 0.15) is 51.9 Å². The lowest BCUT2D eigenvalue weighted by molar-refractivity contribution is 0.129. The highest BCUT2D eigenvalue weighted by atomic mass is 16.3. The van der Waals surface area contributed by atoms with Crippen LogP contribution in [0, 0.1) is 5.92 Å². The fourth-order valence-electron chi connectivity index (χ4n) is 2.97. The van der Waals surface area contributed by atoms with E-state index < -0.39 is 0 Å². The van der Waals surface area contributed by atoms with E-state index in [0.717, 1.165) is 12.3 Å². The number of hydrogen-bond donors (Lipinski definition) is 2.